The van der Waals surface area contributed by atoms with Crippen LogP contribution in [0, 0.1) is 0 Å². The van der Waals surface area contributed by atoms with Crippen LogP contribution in [0.25, 0.3) is 10.8 Å². The Morgan fingerprint density at radius 2 is 2.05 bits per heavy atom. The van der Waals surface area contributed by atoms with Crippen LogP contribution in [0.15, 0.2) is 51.4 Å². The van der Waals surface area contributed by atoms with E-state index in [1.165, 1.54) is 5.56 Å². The maximum atomic E-state index is 5.93. The zero-order valence-electron chi connectivity index (χ0n) is 11.3. The Kier molecular flexibility index (Phi) is 4.63. The number of hydrogen-bond donors (Lipinski definition) is 0. The molecule has 3 rings (SSSR count). The molecule has 2 heterocycles. The summed E-state index contributed by atoms with van der Waals surface area (Å²) in [5.41, 5.74) is 1.21. The fraction of sp³-hybridized carbons (Fsp3) is 0.200. The van der Waals surface area contributed by atoms with Gasteiger partial charge in [-0.05, 0) is 35.6 Å². The molecule has 6 heteroatoms. The summed E-state index contributed by atoms with van der Waals surface area (Å²) in [5, 5.41) is 11.9. The van der Waals surface area contributed by atoms with Crippen LogP contribution in [0.1, 0.15) is 24.2 Å². The predicted molar refractivity (Wildman–Crippen MR) is 88.0 cm³/mol. The first kappa shape index (κ1) is 14.6. The molecule has 0 fully saturated rings. The number of hydrogen-bond acceptors (Lipinski definition) is 5. The van der Waals surface area contributed by atoms with E-state index in [1.807, 2.05) is 41.8 Å². The standard InChI is InChI=1S/C15H13ClN2OS2/c1-2-12(10-5-7-11(16)8-6-10)21-15-18-17-14(19-15)13-4-3-9-20-13/h3-9,12H,2H2,1H3. The Bertz CT molecular complexity index is 695. The lowest BCUT2D eigenvalue weighted by Gasteiger charge is -2.12. The molecule has 0 amide bonds. The highest BCUT2D eigenvalue weighted by molar-refractivity contribution is 7.99. The van der Waals surface area contributed by atoms with Crippen molar-refractivity contribution < 1.29 is 4.42 Å². The fourth-order valence-corrected chi connectivity index (χ4v) is 3.63. The van der Waals surface area contributed by atoms with Crippen LogP contribution in [0.5, 0.6) is 0 Å². The van der Waals surface area contributed by atoms with Gasteiger partial charge in [-0.25, -0.2) is 0 Å². The normalized spacial score (nSPS) is 12.5. The third-order valence-electron chi connectivity index (χ3n) is 2.99. The van der Waals surface area contributed by atoms with E-state index in [9.17, 15) is 0 Å². The molecule has 1 aromatic carbocycles. The smallest absolute Gasteiger partial charge is 0.277 e. The molecule has 0 aliphatic heterocycles. The Labute approximate surface area is 136 Å². The van der Waals surface area contributed by atoms with Gasteiger partial charge in [0.1, 0.15) is 0 Å². The van der Waals surface area contributed by atoms with Crippen molar-refractivity contribution in [2.24, 2.45) is 0 Å². The summed E-state index contributed by atoms with van der Waals surface area (Å²) >= 11 is 9.11. The first-order valence-electron chi connectivity index (χ1n) is 6.55. The Morgan fingerprint density at radius 3 is 2.71 bits per heavy atom. The average Bonchev–Trinajstić information content (AvgIpc) is 3.17. The van der Waals surface area contributed by atoms with Gasteiger partial charge in [-0.3, -0.25) is 0 Å². The lowest BCUT2D eigenvalue weighted by Crippen LogP contribution is -1.92. The van der Waals surface area contributed by atoms with Gasteiger partial charge in [0.05, 0.1) is 4.88 Å². The second-order valence-corrected chi connectivity index (χ2v) is 6.95. The highest BCUT2D eigenvalue weighted by Crippen LogP contribution is 2.38. The van der Waals surface area contributed by atoms with Gasteiger partial charge >= 0.3 is 0 Å². The van der Waals surface area contributed by atoms with Gasteiger partial charge in [-0.1, -0.05) is 48.5 Å². The van der Waals surface area contributed by atoms with E-state index in [1.54, 1.807) is 23.1 Å². The first-order chi connectivity index (χ1) is 10.3. The minimum atomic E-state index is 0.277. The van der Waals surface area contributed by atoms with Gasteiger partial charge in [0.15, 0.2) is 0 Å². The quantitative estimate of drug-likeness (QED) is 0.560. The second kappa shape index (κ2) is 6.64. The van der Waals surface area contributed by atoms with E-state index >= 15 is 0 Å². The van der Waals surface area contributed by atoms with Gasteiger partial charge in [0.25, 0.3) is 11.1 Å². The van der Waals surface area contributed by atoms with E-state index in [-0.39, 0.29) is 5.25 Å². The number of benzene rings is 1. The Balaban J connectivity index is 1.76. The molecule has 0 radical (unpaired) electrons. The molecule has 0 saturated carbocycles. The summed E-state index contributed by atoms with van der Waals surface area (Å²) in [6.45, 7) is 2.14. The SMILES string of the molecule is CCC(Sc1nnc(-c2cccs2)o1)c1ccc(Cl)cc1. The van der Waals surface area contributed by atoms with Crippen molar-refractivity contribution in [2.75, 3.05) is 0 Å². The van der Waals surface area contributed by atoms with E-state index in [0.717, 1.165) is 16.3 Å². The summed E-state index contributed by atoms with van der Waals surface area (Å²) in [4.78, 5) is 0.994. The molecule has 0 spiro atoms. The lowest BCUT2D eigenvalue weighted by molar-refractivity contribution is 0.465. The Hall–Kier alpha value is -1.30. The molecule has 3 aromatic rings. The van der Waals surface area contributed by atoms with E-state index in [2.05, 4.69) is 17.1 Å². The topological polar surface area (TPSA) is 38.9 Å². The number of thioether (sulfide) groups is 1. The van der Waals surface area contributed by atoms with Crippen LogP contribution >= 0.6 is 34.7 Å². The largest absolute Gasteiger partial charge is 0.410 e. The molecule has 21 heavy (non-hydrogen) atoms. The van der Waals surface area contributed by atoms with Crippen LogP contribution in [-0.4, -0.2) is 10.2 Å². The number of thiophene rings is 1. The summed E-state index contributed by atoms with van der Waals surface area (Å²) in [6.07, 6.45) is 0.975. The second-order valence-electron chi connectivity index (χ2n) is 4.42. The van der Waals surface area contributed by atoms with Crippen molar-refractivity contribution in [2.45, 2.75) is 23.8 Å². The molecule has 1 atom stereocenters. The van der Waals surface area contributed by atoms with Crippen molar-refractivity contribution in [1.29, 1.82) is 0 Å². The van der Waals surface area contributed by atoms with Crippen LogP contribution < -0.4 is 0 Å². The van der Waals surface area contributed by atoms with Crippen molar-refractivity contribution in [3.63, 3.8) is 0 Å². The molecule has 1 unspecified atom stereocenters. The minimum Gasteiger partial charge on any atom is -0.410 e. The van der Waals surface area contributed by atoms with Crippen molar-refractivity contribution in [3.05, 3.63) is 52.4 Å². The Morgan fingerprint density at radius 1 is 1.24 bits per heavy atom. The number of halogens is 1. The highest BCUT2D eigenvalue weighted by atomic mass is 35.5. The molecule has 2 aromatic heterocycles. The van der Waals surface area contributed by atoms with Gasteiger partial charge in [-0.2, -0.15) is 0 Å². The molecular weight excluding hydrogens is 324 g/mol. The zero-order chi connectivity index (χ0) is 14.7. The lowest BCUT2D eigenvalue weighted by atomic mass is 10.1. The van der Waals surface area contributed by atoms with E-state index < -0.39 is 0 Å². The summed E-state index contributed by atoms with van der Waals surface area (Å²) in [5.74, 6) is 0.582. The molecule has 0 saturated heterocycles. The van der Waals surface area contributed by atoms with Crippen LogP contribution in [0.2, 0.25) is 5.02 Å². The van der Waals surface area contributed by atoms with Gasteiger partial charge in [0.2, 0.25) is 0 Å². The van der Waals surface area contributed by atoms with Crippen LogP contribution in [-0.2, 0) is 0 Å². The maximum Gasteiger partial charge on any atom is 0.277 e. The molecule has 3 nitrogen and oxygen atoms in total. The molecule has 0 aliphatic carbocycles. The zero-order valence-corrected chi connectivity index (χ0v) is 13.7. The first-order valence-corrected chi connectivity index (χ1v) is 8.69. The molecule has 0 bridgehead atoms. The van der Waals surface area contributed by atoms with Crippen molar-refractivity contribution in [1.82, 2.24) is 10.2 Å². The molecule has 0 aliphatic rings. The maximum absolute atomic E-state index is 5.93. The average molecular weight is 337 g/mol. The third kappa shape index (κ3) is 3.48. The summed E-state index contributed by atoms with van der Waals surface area (Å²) in [7, 11) is 0. The van der Waals surface area contributed by atoms with Crippen LogP contribution in [0.3, 0.4) is 0 Å². The van der Waals surface area contributed by atoms with Gasteiger partial charge in [-0.15, -0.1) is 21.5 Å². The molecular formula is C15H13ClN2OS2. The number of aromatic nitrogens is 2. The monoisotopic (exact) mass is 336 g/mol. The van der Waals surface area contributed by atoms with Crippen LogP contribution in [0.4, 0.5) is 0 Å². The highest BCUT2D eigenvalue weighted by Gasteiger charge is 2.16. The van der Waals surface area contributed by atoms with Gasteiger partial charge in [0, 0.05) is 10.3 Å². The van der Waals surface area contributed by atoms with E-state index in [0.29, 0.717) is 11.1 Å². The minimum absolute atomic E-state index is 0.277. The van der Waals surface area contributed by atoms with E-state index in [4.69, 9.17) is 16.0 Å². The van der Waals surface area contributed by atoms with Crippen molar-refractivity contribution >= 4 is 34.7 Å². The summed E-state index contributed by atoms with van der Waals surface area (Å²) in [6, 6.07) is 11.8. The van der Waals surface area contributed by atoms with Gasteiger partial charge < -0.3 is 4.42 Å². The number of rotatable bonds is 5. The third-order valence-corrected chi connectivity index (χ3v) is 5.36. The van der Waals surface area contributed by atoms with Crippen molar-refractivity contribution in [3.8, 4) is 10.8 Å². The molecule has 0 N–H and O–H groups in total. The fourth-order valence-electron chi connectivity index (χ4n) is 1.94. The predicted octanol–water partition coefficient (Wildman–Crippen LogP) is 5.69. The number of nitrogens with zero attached hydrogens (tertiary/aromatic N) is 2. The molecule has 108 valence electrons. The summed E-state index contributed by atoms with van der Waals surface area (Å²) < 4.78 is 5.73.